The highest BCUT2D eigenvalue weighted by Crippen LogP contribution is 2.19. The summed E-state index contributed by atoms with van der Waals surface area (Å²) in [5.41, 5.74) is 0.238. The quantitative estimate of drug-likeness (QED) is 0.651. The topological polar surface area (TPSA) is 77.8 Å². The van der Waals surface area contributed by atoms with Gasteiger partial charge in [-0.3, -0.25) is 0 Å². The van der Waals surface area contributed by atoms with E-state index in [9.17, 15) is 4.79 Å². The molecule has 0 spiro atoms. The third kappa shape index (κ3) is 3.91. The van der Waals surface area contributed by atoms with E-state index in [0.29, 0.717) is 5.75 Å². The predicted octanol–water partition coefficient (Wildman–Crippen LogP) is 0.830. The number of hydrogen-bond acceptors (Lipinski definition) is 4. The van der Waals surface area contributed by atoms with Gasteiger partial charge in [-0.2, -0.15) is 0 Å². The van der Waals surface area contributed by atoms with Crippen LogP contribution in [0.4, 0.5) is 0 Å². The van der Waals surface area contributed by atoms with Crippen molar-refractivity contribution in [2.24, 2.45) is 0 Å². The van der Waals surface area contributed by atoms with Crippen LogP contribution in [0.25, 0.3) is 0 Å². The molecule has 0 bridgehead atoms. The van der Waals surface area contributed by atoms with Gasteiger partial charge in [-0.25, -0.2) is 4.79 Å². The van der Waals surface area contributed by atoms with Crippen molar-refractivity contribution in [3.8, 4) is 0 Å². The molecule has 0 radical (unpaired) electrons. The summed E-state index contributed by atoms with van der Waals surface area (Å²) in [6, 6.07) is 6.38. The van der Waals surface area contributed by atoms with Crippen LogP contribution in [0.5, 0.6) is 0 Å². The zero-order chi connectivity index (χ0) is 11.3. The molecule has 0 amide bonds. The number of rotatable bonds is 5. The van der Waals surface area contributed by atoms with Crippen molar-refractivity contribution < 1.29 is 20.1 Å². The van der Waals surface area contributed by atoms with Crippen LogP contribution in [-0.4, -0.2) is 39.8 Å². The maximum Gasteiger partial charge on any atom is 0.335 e. The number of aromatic carboxylic acids is 1. The van der Waals surface area contributed by atoms with Gasteiger partial charge in [-0.15, -0.1) is 11.8 Å². The maximum atomic E-state index is 10.5. The van der Waals surface area contributed by atoms with E-state index < -0.39 is 12.1 Å². The van der Waals surface area contributed by atoms with Gasteiger partial charge < -0.3 is 15.3 Å². The van der Waals surface area contributed by atoms with Gasteiger partial charge in [0.15, 0.2) is 0 Å². The van der Waals surface area contributed by atoms with Crippen LogP contribution in [0.3, 0.4) is 0 Å². The van der Waals surface area contributed by atoms with Gasteiger partial charge in [0.25, 0.3) is 0 Å². The highest BCUT2D eigenvalue weighted by atomic mass is 32.2. The van der Waals surface area contributed by atoms with Crippen molar-refractivity contribution in [2.45, 2.75) is 11.0 Å². The van der Waals surface area contributed by atoms with Crippen molar-refractivity contribution in [1.82, 2.24) is 0 Å². The Labute approximate surface area is 91.6 Å². The van der Waals surface area contributed by atoms with Gasteiger partial charge in [-0.05, 0) is 24.3 Å². The molecule has 0 heterocycles. The lowest BCUT2D eigenvalue weighted by atomic mass is 10.2. The van der Waals surface area contributed by atoms with E-state index >= 15 is 0 Å². The second-order valence-electron chi connectivity index (χ2n) is 2.98. The number of aliphatic hydroxyl groups excluding tert-OH is 2. The number of hydrogen-bond donors (Lipinski definition) is 3. The fourth-order valence-electron chi connectivity index (χ4n) is 0.939. The number of carboxylic acids is 1. The maximum absolute atomic E-state index is 10.5. The minimum atomic E-state index is -0.957. The molecule has 0 aliphatic carbocycles. The van der Waals surface area contributed by atoms with Crippen LogP contribution in [0.15, 0.2) is 29.2 Å². The Morgan fingerprint density at radius 3 is 2.40 bits per heavy atom. The lowest BCUT2D eigenvalue weighted by Gasteiger charge is -2.06. The van der Waals surface area contributed by atoms with Gasteiger partial charge in [0.05, 0.1) is 18.3 Å². The van der Waals surface area contributed by atoms with Crippen LogP contribution in [0.1, 0.15) is 10.4 Å². The monoisotopic (exact) mass is 228 g/mol. The summed E-state index contributed by atoms with van der Waals surface area (Å²) in [6.45, 7) is -0.264. The number of carboxylic acid groups (broad SMARTS) is 1. The molecule has 82 valence electrons. The Morgan fingerprint density at radius 1 is 1.33 bits per heavy atom. The summed E-state index contributed by atoms with van der Waals surface area (Å²) in [7, 11) is 0. The van der Waals surface area contributed by atoms with Crippen molar-refractivity contribution >= 4 is 17.7 Å². The first-order valence-corrected chi connectivity index (χ1v) is 5.37. The van der Waals surface area contributed by atoms with E-state index in [1.165, 1.54) is 23.9 Å². The van der Waals surface area contributed by atoms with Gasteiger partial charge in [0, 0.05) is 10.6 Å². The molecule has 0 aliphatic rings. The first-order chi connectivity index (χ1) is 7.13. The van der Waals surface area contributed by atoms with E-state index in [2.05, 4.69) is 0 Å². The summed E-state index contributed by atoms with van der Waals surface area (Å²) in [6.07, 6.45) is -0.742. The minimum Gasteiger partial charge on any atom is -0.478 e. The van der Waals surface area contributed by atoms with E-state index in [1.54, 1.807) is 12.1 Å². The molecule has 0 saturated heterocycles. The van der Waals surface area contributed by atoms with Gasteiger partial charge >= 0.3 is 5.97 Å². The Hall–Kier alpha value is -1.04. The Balaban J connectivity index is 2.53. The lowest BCUT2D eigenvalue weighted by Crippen LogP contribution is -2.14. The first-order valence-electron chi connectivity index (χ1n) is 4.38. The zero-order valence-corrected chi connectivity index (χ0v) is 8.78. The molecule has 4 nitrogen and oxygen atoms in total. The van der Waals surface area contributed by atoms with E-state index in [1.807, 2.05) is 0 Å². The predicted molar refractivity (Wildman–Crippen MR) is 57.2 cm³/mol. The van der Waals surface area contributed by atoms with Crippen molar-refractivity contribution in [2.75, 3.05) is 12.4 Å². The second-order valence-corrected chi connectivity index (χ2v) is 4.07. The highest BCUT2D eigenvalue weighted by molar-refractivity contribution is 7.99. The summed E-state index contributed by atoms with van der Waals surface area (Å²) in [5.74, 6) is -0.565. The van der Waals surface area contributed by atoms with Crippen LogP contribution < -0.4 is 0 Å². The normalized spacial score (nSPS) is 12.4. The number of thioether (sulfide) groups is 1. The highest BCUT2D eigenvalue weighted by Gasteiger charge is 2.04. The van der Waals surface area contributed by atoms with E-state index in [4.69, 9.17) is 15.3 Å². The summed E-state index contributed by atoms with van der Waals surface area (Å²) in [5, 5.41) is 26.3. The molecule has 1 atom stereocenters. The fourth-order valence-corrected chi connectivity index (χ4v) is 1.76. The zero-order valence-electron chi connectivity index (χ0n) is 7.96. The van der Waals surface area contributed by atoms with Crippen LogP contribution in [0.2, 0.25) is 0 Å². The number of benzene rings is 1. The van der Waals surface area contributed by atoms with Gasteiger partial charge in [0.1, 0.15) is 0 Å². The molecule has 1 aromatic rings. The van der Waals surface area contributed by atoms with Crippen LogP contribution in [0, 0.1) is 0 Å². The van der Waals surface area contributed by atoms with Crippen LogP contribution >= 0.6 is 11.8 Å². The average Bonchev–Trinajstić information content (AvgIpc) is 2.26. The second kappa shape index (κ2) is 5.75. The molecule has 0 aliphatic heterocycles. The fraction of sp³-hybridized carbons (Fsp3) is 0.300. The third-order valence-electron chi connectivity index (χ3n) is 1.75. The molecule has 3 N–H and O–H groups in total. The van der Waals surface area contributed by atoms with Crippen molar-refractivity contribution in [3.63, 3.8) is 0 Å². The lowest BCUT2D eigenvalue weighted by molar-refractivity contribution is 0.0697. The largest absolute Gasteiger partial charge is 0.478 e. The number of aliphatic hydroxyl groups is 2. The minimum absolute atomic E-state index is 0.238. The van der Waals surface area contributed by atoms with Gasteiger partial charge in [-0.1, -0.05) is 0 Å². The van der Waals surface area contributed by atoms with Crippen molar-refractivity contribution in [1.29, 1.82) is 0 Å². The summed E-state index contributed by atoms with van der Waals surface area (Å²) >= 11 is 1.37. The SMILES string of the molecule is O=C(O)c1ccc(SCC(O)CO)cc1. The van der Waals surface area contributed by atoms with E-state index in [-0.39, 0.29) is 12.2 Å². The molecule has 15 heavy (non-hydrogen) atoms. The molecule has 1 aromatic carbocycles. The van der Waals surface area contributed by atoms with Crippen LogP contribution in [-0.2, 0) is 0 Å². The first kappa shape index (κ1) is 12.0. The molecule has 1 unspecified atom stereocenters. The van der Waals surface area contributed by atoms with Gasteiger partial charge in [0.2, 0.25) is 0 Å². The Kier molecular flexibility index (Phi) is 4.61. The molecular formula is C10H12O4S. The average molecular weight is 228 g/mol. The molecule has 0 aromatic heterocycles. The Bertz CT molecular complexity index is 323. The standard InChI is InChI=1S/C10H12O4S/c11-5-8(12)6-15-9-3-1-7(2-4-9)10(13)14/h1-4,8,11-12H,5-6H2,(H,13,14). The molecule has 0 fully saturated rings. The Morgan fingerprint density at radius 2 is 1.93 bits per heavy atom. The molecule has 0 saturated carbocycles. The summed E-state index contributed by atoms with van der Waals surface area (Å²) in [4.78, 5) is 11.4. The molecule has 5 heteroatoms. The number of carbonyl (C=O) groups is 1. The van der Waals surface area contributed by atoms with Crippen molar-refractivity contribution in [3.05, 3.63) is 29.8 Å². The third-order valence-corrected chi connectivity index (χ3v) is 2.91. The molecular weight excluding hydrogens is 216 g/mol. The van der Waals surface area contributed by atoms with E-state index in [0.717, 1.165) is 4.90 Å². The smallest absolute Gasteiger partial charge is 0.335 e. The summed E-state index contributed by atoms with van der Waals surface area (Å²) < 4.78 is 0. The molecule has 1 rings (SSSR count).